The molecule has 0 spiro atoms. The van der Waals surface area contributed by atoms with Crippen LogP contribution in [0.3, 0.4) is 0 Å². The van der Waals surface area contributed by atoms with Crippen molar-refractivity contribution in [1.29, 1.82) is 0 Å². The molecule has 0 amide bonds. The third kappa shape index (κ3) is 9.21. The van der Waals surface area contributed by atoms with Crippen molar-refractivity contribution in [2.24, 2.45) is 0 Å². The van der Waals surface area contributed by atoms with E-state index in [9.17, 15) is 13.2 Å². The van der Waals surface area contributed by atoms with E-state index in [1.165, 1.54) is 50.6 Å². The van der Waals surface area contributed by atoms with Crippen molar-refractivity contribution in [3.05, 3.63) is 72.3 Å². The Bertz CT molecular complexity index is 1310. The summed E-state index contributed by atoms with van der Waals surface area (Å²) in [6, 6.07) is 18.2. The van der Waals surface area contributed by atoms with Gasteiger partial charge in [0.15, 0.2) is 0 Å². The molecule has 0 aliphatic heterocycles. The Labute approximate surface area is 231 Å². The minimum absolute atomic E-state index is 0.0308. The lowest BCUT2D eigenvalue weighted by Gasteiger charge is -2.14. The lowest BCUT2D eigenvalue weighted by Crippen LogP contribution is -2.16. The third-order valence-electron chi connectivity index (χ3n) is 5.97. The zero-order valence-electron chi connectivity index (χ0n) is 22.9. The molecule has 0 unspecified atom stereocenters. The fourth-order valence-corrected chi connectivity index (χ4v) is 4.88. The minimum atomic E-state index is -3.97. The first-order valence-corrected chi connectivity index (χ1v) is 14.8. The van der Waals surface area contributed by atoms with E-state index in [4.69, 9.17) is 14.2 Å². The number of sulfonamides is 1. The lowest BCUT2D eigenvalue weighted by molar-refractivity contribution is 0.0601. The molecule has 0 saturated carbocycles. The molecule has 9 heteroatoms. The van der Waals surface area contributed by atoms with Crippen molar-refractivity contribution in [2.45, 2.75) is 57.3 Å². The second kappa shape index (κ2) is 15.0. The van der Waals surface area contributed by atoms with Gasteiger partial charge in [-0.15, -0.1) is 0 Å². The summed E-state index contributed by atoms with van der Waals surface area (Å²) in [5, 5.41) is 3.40. The second-order valence-corrected chi connectivity index (χ2v) is 10.8. The highest BCUT2D eigenvalue weighted by atomic mass is 32.2. The highest BCUT2D eigenvalue weighted by molar-refractivity contribution is 7.92. The van der Waals surface area contributed by atoms with E-state index in [0.717, 1.165) is 31.5 Å². The molecule has 210 valence electrons. The first kappa shape index (κ1) is 29.8. The summed E-state index contributed by atoms with van der Waals surface area (Å²) in [7, 11) is -2.74. The van der Waals surface area contributed by atoms with Crippen molar-refractivity contribution in [3.8, 4) is 17.2 Å². The highest BCUT2D eigenvalue weighted by Crippen LogP contribution is 2.30. The predicted octanol–water partition coefficient (Wildman–Crippen LogP) is 7.24. The van der Waals surface area contributed by atoms with Crippen molar-refractivity contribution in [2.75, 3.05) is 30.3 Å². The molecule has 2 N–H and O–H groups in total. The minimum Gasteiger partial charge on any atom is -0.494 e. The van der Waals surface area contributed by atoms with Gasteiger partial charge in [-0.05, 0) is 67.4 Å². The quantitative estimate of drug-likeness (QED) is 0.142. The van der Waals surface area contributed by atoms with Gasteiger partial charge in [-0.2, -0.15) is 0 Å². The fourth-order valence-electron chi connectivity index (χ4n) is 3.80. The van der Waals surface area contributed by atoms with Gasteiger partial charge >= 0.3 is 5.97 Å². The fraction of sp³-hybridized carbons (Fsp3) is 0.367. The molecular weight excluding hydrogens is 516 g/mol. The van der Waals surface area contributed by atoms with Gasteiger partial charge in [-0.3, -0.25) is 4.72 Å². The molecular formula is C30H38N2O6S. The maximum Gasteiger partial charge on any atom is 0.340 e. The summed E-state index contributed by atoms with van der Waals surface area (Å²) in [5.41, 5.74) is 1.05. The normalized spacial score (nSPS) is 11.1. The molecule has 3 aromatic rings. The molecule has 3 aromatic carbocycles. The van der Waals surface area contributed by atoms with E-state index in [1.807, 2.05) is 24.3 Å². The van der Waals surface area contributed by atoms with Gasteiger partial charge in [0.2, 0.25) is 0 Å². The van der Waals surface area contributed by atoms with Gasteiger partial charge in [0.25, 0.3) is 10.0 Å². The number of anilines is 2. The van der Waals surface area contributed by atoms with Gasteiger partial charge in [0.1, 0.15) is 17.2 Å². The van der Waals surface area contributed by atoms with E-state index in [1.54, 1.807) is 18.2 Å². The maximum atomic E-state index is 13.1. The van der Waals surface area contributed by atoms with Crippen molar-refractivity contribution in [1.82, 2.24) is 0 Å². The van der Waals surface area contributed by atoms with Crippen LogP contribution in [0.25, 0.3) is 0 Å². The molecule has 3 rings (SSSR count). The van der Waals surface area contributed by atoms with Gasteiger partial charge in [0.05, 0.1) is 29.9 Å². The summed E-state index contributed by atoms with van der Waals surface area (Å²) in [5.74, 6) is 0.848. The average Bonchev–Trinajstić information content (AvgIpc) is 2.94. The number of carbonyl (C=O) groups is 1. The molecule has 0 bridgehead atoms. The van der Waals surface area contributed by atoms with Crippen LogP contribution in [0.5, 0.6) is 17.2 Å². The van der Waals surface area contributed by atoms with Crippen LogP contribution in [0.1, 0.15) is 62.7 Å². The summed E-state index contributed by atoms with van der Waals surface area (Å²) in [6.45, 7) is 5.69. The zero-order chi connectivity index (χ0) is 28.1. The summed E-state index contributed by atoms with van der Waals surface area (Å²) < 4.78 is 45.1. The van der Waals surface area contributed by atoms with E-state index < -0.39 is 16.0 Å². The Morgan fingerprint density at radius 3 is 2.26 bits per heavy atom. The number of hydrogen-bond acceptors (Lipinski definition) is 7. The third-order valence-corrected chi connectivity index (χ3v) is 7.35. The van der Waals surface area contributed by atoms with Crippen LogP contribution < -0.4 is 19.5 Å². The van der Waals surface area contributed by atoms with Gasteiger partial charge < -0.3 is 19.5 Å². The standard InChI is InChI=1S/C30H38N2O6S/c1-4-6-8-9-19-31-23-11-10-12-25(21-23)38-26-15-18-29(28(22-26)30(33)36-3)32-39(34,35)27-16-13-24(14-17-27)37-20-7-5-2/h10-18,21-22,31-32H,4-9,19-20H2,1-3H3. The van der Waals surface area contributed by atoms with Crippen LogP contribution in [0.15, 0.2) is 71.6 Å². The van der Waals surface area contributed by atoms with Crippen LogP contribution in [0.2, 0.25) is 0 Å². The van der Waals surface area contributed by atoms with Crippen molar-refractivity contribution >= 4 is 27.4 Å². The summed E-state index contributed by atoms with van der Waals surface area (Å²) in [6.07, 6.45) is 6.61. The highest BCUT2D eigenvalue weighted by Gasteiger charge is 2.20. The summed E-state index contributed by atoms with van der Waals surface area (Å²) >= 11 is 0. The number of methoxy groups -OCH3 is 1. The van der Waals surface area contributed by atoms with Crippen molar-refractivity contribution < 1.29 is 27.4 Å². The zero-order valence-corrected chi connectivity index (χ0v) is 23.7. The number of nitrogens with one attached hydrogen (secondary N) is 2. The number of ether oxygens (including phenoxy) is 3. The Morgan fingerprint density at radius 1 is 0.821 bits per heavy atom. The monoisotopic (exact) mass is 554 g/mol. The number of benzene rings is 3. The molecule has 0 radical (unpaired) electrons. The van der Waals surface area contributed by atoms with Gasteiger partial charge in [0, 0.05) is 18.3 Å². The number of carbonyl (C=O) groups excluding carboxylic acids is 1. The first-order valence-electron chi connectivity index (χ1n) is 13.4. The van der Waals surface area contributed by atoms with E-state index in [-0.39, 0.29) is 16.1 Å². The SMILES string of the molecule is CCCCCCNc1cccc(Oc2ccc(NS(=O)(=O)c3ccc(OCCCC)cc3)c(C(=O)OC)c2)c1. The second-order valence-electron chi connectivity index (χ2n) is 9.10. The van der Waals surface area contributed by atoms with Crippen molar-refractivity contribution in [3.63, 3.8) is 0 Å². The molecule has 0 aromatic heterocycles. The Hall–Kier alpha value is -3.72. The van der Waals surface area contributed by atoms with Gasteiger partial charge in [-0.1, -0.05) is 45.6 Å². The molecule has 0 aliphatic carbocycles. The number of unbranched alkanes of at least 4 members (excludes halogenated alkanes) is 4. The molecule has 39 heavy (non-hydrogen) atoms. The van der Waals surface area contributed by atoms with Gasteiger partial charge in [-0.25, -0.2) is 13.2 Å². The molecule has 0 heterocycles. The Balaban J connectivity index is 1.73. The van der Waals surface area contributed by atoms with Crippen LogP contribution >= 0.6 is 0 Å². The molecule has 0 fully saturated rings. The van der Waals surface area contributed by atoms with E-state index >= 15 is 0 Å². The smallest absolute Gasteiger partial charge is 0.340 e. The van der Waals surface area contributed by atoms with Crippen LogP contribution in [-0.2, 0) is 14.8 Å². The van der Waals surface area contributed by atoms with E-state index in [2.05, 4.69) is 23.9 Å². The maximum absolute atomic E-state index is 13.1. The van der Waals surface area contributed by atoms with E-state index in [0.29, 0.717) is 23.9 Å². The average molecular weight is 555 g/mol. The molecule has 8 nitrogen and oxygen atoms in total. The first-order chi connectivity index (χ1) is 18.9. The lowest BCUT2D eigenvalue weighted by atomic mass is 10.1. The number of rotatable bonds is 16. The molecule has 0 aliphatic rings. The Morgan fingerprint density at radius 2 is 1.54 bits per heavy atom. The molecule has 0 atom stereocenters. The number of hydrogen-bond donors (Lipinski definition) is 2. The number of esters is 1. The van der Waals surface area contributed by atoms with Crippen LogP contribution in [-0.4, -0.2) is 34.6 Å². The topological polar surface area (TPSA) is 103 Å². The summed E-state index contributed by atoms with van der Waals surface area (Å²) in [4.78, 5) is 12.6. The Kier molecular flexibility index (Phi) is 11.5. The predicted molar refractivity (Wildman–Crippen MR) is 155 cm³/mol. The van der Waals surface area contributed by atoms with Crippen LogP contribution in [0.4, 0.5) is 11.4 Å². The van der Waals surface area contributed by atoms with Crippen LogP contribution in [0, 0.1) is 0 Å². The largest absolute Gasteiger partial charge is 0.494 e. The molecule has 0 saturated heterocycles.